The monoisotopic (exact) mass is 343 g/mol. The van der Waals surface area contributed by atoms with Crippen LogP contribution in [0.4, 0.5) is 0 Å². The number of H-pyrrole nitrogens is 1. The third kappa shape index (κ3) is 3.01. The highest BCUT2D eigenvalue weighted by Gasteiger charge is 2.23. The van der Waals surface area contributed by atoms with Crippen LogP contribution >= 0.6 is 23.1 Å². The summed E-state index contributed by atoms with van der Waals surface area (Å²) in [6, 6.07) is 9.99. The third-order valence-electron chi connectivity index (χ3n) is 4.16. The molecule has 0 aliphatic carbocycles. The molecule has 2 aromatic heterocycles. The Kier molecular flexibility index (Phi) is 4.10. The number of nitrogens with zero attached hydrogens (tertiary/aromatic N) is 2. The number of nitrogens with one attached hydrogen (secondary N) is 1. The van der Waals surface area contributed by atoms with Gasteiger partial charge in [0.15, 0.2) is 0 Å². The summed E-state index contributed by atoms with van der Waals surface area (Å²) in [7, 11) is 0. The van der Waals surface area contributed by atoms with Crippen LogP contribution in [0.5, 0.6) is 0 Å². The van der Waals surface area contributed by atoms with Gasteiger partial charge in [0.25, 0.3) is 5.91 Å². The second kappa shape index (κ2) is 6.37. The van der Waals surface area contributed by atoms with E-state index < -0.39 is 0 Å². The maximum absolute atomic E-state index is 12.8. The van der Waals surface area contributed by atoms with Gasteiger partial charge in [-0.15, -0.1) is 11.3 Å². The number of carbonyl (C=O) groups excluding carboxylic acids is 1. The van der Waals surface area contributed by atoms with E-state index in [1.165, 1.54) is 4.88 Å². The zero-order valence-corrected chi connectivity index (χ0v) is 14.2. The fraction of sp³-hybridized carbons (Fsp3) is 0.294. The molecule has 1 fully saturated rings. The Labute approximate surface area is 142 Å². The fourth-order valence-electron chi connectivity index (χ4n) is 2.93. The summed E-state index contributed by atoms with van der Waals surface area (Å²) < 4.78 is 0. The lowest BCUT2D eigenvalue weighted by Crippen LogP contribution is -2.32. The second-order valence-electron chi connectivity index (χ2n) is 5.59. The van der Waals surface area contributed by atoms with Gasteiger partial charge in [-0.25, -0.2) is 4.98 Å². The molecule has 0 radical (unpaired) electrons. The molecule has 0 bridgehead atoms. The predicted octanol–water partition coefficient (Wildman–Crippen LogP) is 3.94. The first kappa shape index (κ1) is 14.8. The molecular weight excluding hydrogens is 326 g/mol. The number of thioether (sulfide) groups is 1. The van der Waals surface area contributed by atoms with Crippen molar-refractivity contribution in [2.45, 2.75) is 11.7 Å². The Hall–Kier alpha value is -1.79. The standard InChI is InChI=1S/C17H17N3OS2/c21-17(12-3-4-13-14(10-12)19-11-18-13)20-6-5-16(23-9-7-20)15-2-1-8-22-15/h1-4,8,10-11,16H,5-7,9H2,(H,18,19). The van der Waals surface area contributed by atoms with E-state index >= 15 is 0 Å². The molecule has 1 N–H and O–H groups in total. The van der Waals surface area contributed by atoms with Crippen molar-refractivity contribution in [2.24, 2.45) is 0 Å². The van der Waals surface area contributed by atoms with Crippen LogP contribution in [0, 0.1) is 0 Å². The number of imidazole rings is 1. The van der Waals surface area contributed by atoms with Crippen molar-refractivity contribution >= 4 is 40.0 Å². The van der Waals surface area contributed by atoms with Crippen LogP contribution in [0.15, 0.2) is 42.0 Å². The molecule has 1 atom stereocenters. The smallest absolute Gasteiger partial charge is 0.253 e. The highest BCUT2D eigenvalue weighted by Crippen LogP contribution is 2.36. The van der Waals surface area contributed by atoms with Gasteiger partial charge in [-0.05, 0) is 36.1 Å². The van der Waals surface area contributed by atoms with E-state index in [0.717, 1.165) is 41.9 Å². The van der Waals surface area contributed by atoms with E-state index in [9.17, 15) is 4.79 Å². The highest BCUT2D eigenvalue weighted by molar-refractivity contribution is 7.99. The lowest BCUT2D eigenvalue weighted by Gasteiger charge is -2.20. The van der Waals surface area contributed by atoms with Crippen molar-refractivity contribution in [2.75, 3.05) is 18.8 Å². The number of aromatic amines is 1. The molecular formula is C17H17N3OS2. The summed E-state index contributed by atoms with van der Waals surface area (Å²) in [6.45, 7) is 1.63. The Morgan fingerprint density at radius 3 is 3.13 bits per heavy atom. The van der Waals surface area contributed by atoms with Gasteiger partial charge in [0.1, 0.15) is 0 Å². The van der Waals surface area contributed by atoms with E-state index in [2.05, 4.69) is 27.5 Å². The van der Waals surface area contributed by atoms with Crippen LogP contribution in [-0.2, 0) is 0 Å². The molecule has 1 aliphatic heterocycles. The molecule has 1 unspecified atom stereocenters. The Morgan fingerprint density at radius 2 is 2.26 bits per heavy atom. The summed E-state index contributed by atoms with van der Waals surface area (Å²) in [5.41, 5.74) is 2.54. The minimum absolute atomic E-state index is 0.119. The molecule has 3 heterocycles. The third-order valence-corrected chi connectivity index (χ3v) is 6.60. The Balaban J connectivity index is 1.50. The van der Waals surface area contributed by atoms with Gasteiger partial charge in [0.2, 0.25) is 0 Å². The zero-order chi connectivity index (χ0) is 15.6. The Morgan fingerprint density at radius 1 is 1.30 bits per heavy atom. The van der Waals surface area contributed by atoms with Gasteiger partial charge < -0.3 is 9.88 Å². The summed E-state index contributed by atoms with van der Waals surface area (Å²) in [6.07, 6.45) is 2.68. The van der Waals surface area contributed by atoms with E-state index in [1.807, 2.05) is 46.2 Å². The van der Waals surface area contributed by atoms with Crippen LogP contribution in [0.25, 0.3) is 11.0 Å². The number of carbonyl (C=O) groups is 1. The van der Waals surface area contributed by atoms with Gasteiger partial charge in [-0.3, -0.25) is 4.79 Å². The summed E-state index contributed by atoms with van der Waals surface area (Å²) >= 11 is 3.77. The second-order valence-corrected chi connectivity index (χ2v) is 7.88. The minimum atomic E-state index is 0.119. The predicted molar refractivity (Wildman–Crippen MR) is 96.1 cm³/mol. The molecule has 0 saturated carbocycles. The summed E-state index contributed by atoms with van der Waals surface area (Å²) in [5, 5.41) is 2.64. The molecule has 23 heavy (non-hydrogen) atoms. The highest BCUT2D eigenvalue weighted by atomic mass is 32.2. The first-order chi connectivity index (χ1) is 11.3. The number of fused-ring (bicyclic) bond motifs is 1. The van der Waals surface area contributed by atoms with Crippen LogP contribution in [0.2, 0.25) is 0 Å². The average Bonchev–Trinajstić information content (AvgIpc) is 3.21. The zero-order valence-electron chi connectivity index (χ0n) is 12.6. The number of hydrogen-bond donors (Lipinski definition) is 1. The van der Waals surface area contributed by atoms with Gasteiger partial charge in [0.05, 0.1) is 17.4 Å². The van der Waals surface area contributed by atoms with Gasteiger partial charge in [0, 0.05) is 34.5 Å². The number of rotatable bonds is 2. The summed E-state index contributed by atoms with van der Waals surface area (Å²) in [4.78, 5) is 23.5. The van der Waals surface area contributed by atoms with Gasteiger partial charge in [-0.2, -0.15) is 11.8 Å². The summed E-state index contributed by atoms with van der Waals surface area (Å²) in [5.74, 6) is 1.11. The molecule has 3 aromatic rings. The van der Waals surface area contributed by atoms with Crippen molar-refractivity contribution in [1.29, 1.82) is 0 Å². The molecule has 4 nitrogen and oxygen atoms in total. The van der Waals surface area contributed by atoms with E-state index in [1.54, 1.807) is 6.33 Å². The normalized spacial score (nSPS) is 19.0. The van der Waals surface area contributed by atoms with Crippen molar-refractivity contribution in [3.63, 3.8) is 0 Å². The largest absolute Gasteiger partial charge is 0.345 e. The number of aromatic nitrogens is 2. The molecule has 6 heteroatoms. The maximum atomic E-state index is 12.8. The van der Waals surface area contributed by atoms with Crippen LogP contribution in [-0.4, -0.2) is 39.6 Å². The number of benzene rings is 1. The fourth-order valence-corrected chi connectivity index (χ4v) is 5.16. The number of amides is 1. The minimum Gasteiger partial charge on any atom is -0.345 e. The molecule has 0 spiro atoms. The topological polar surface area (TPSA) is 49.0 Å². The first-order valence-electron chi connectivity index (χ1n) is 7.69. The maximum Gasteiger partial charge on any atom is 0.253 e. The van der Waals surface area contributed by atoms with Crippen molar-refractivity contribution in [1.82, 2.24) is 14.9 Å². The number of thiophene rings is 1. The van der Waals surface area contributed by atoms with Crippen LogP contribution in [0.3, 0.4) is 0 Å². The van der Waals surface area contributed by atoms with E-state index in [0.29, 0.717) is 5.25 Å². The van der Waals surface area contributed by atoms with Crippen molar-refractivity contribution in [3.05, 3.63) is 52.5 Å². The molecule has 4 rings (SSSR count). The van der Waals surface area contributed by atoms with Crippen LogP contribution in [0.1, 0.15) is 26.9 Å². The van der Waals surface area contributed by atoms with E-state index in [4.69, 9.17) is 0 Å². The van der Waals surface area contributed by atoms with Crippen molar-refractivity contribution < 1.29 is 4.79 Å². The molecule has 118 valence electrons. The van der Waals surface area contributed by atoms with Crippen molar-refractivity contribution in [3.8, 4) is 0 Å². The quantitative estimate of drug-likeness (QED) is 0.766. The lowest BCUT2D eigenvalue weighted by atomic mass is 10.1. The van der Waals surface area contributed by atoms with Gasteiger partial charge in [-0.1, -0.05) is 6.07 Å². The molecule has 1 saturated heterocycles. The van der Waals surface area contributed by atoms with Crippen LogP contribution < -0.4 is 0 Å². The van der Waals surface area contributed by atoms with Gasteiger partial charge >= 0.3 is 0 Å². The Bertz CT molecular complexity index is 812. The molecule has 1 aromatic carbocycles. The molecule has 1 aliphatic rings. The first-order valence-corrected chi connectivity index (χ1v) is 9.61. The molecule has 1 amide bonds. The lowest BCUT2D eigenvalue weighted by molar-refractivity contribution is 0.0767. The van der Waals surface area contributed by atoms with E-state index in [-0.39, 0.29) is 5.91 Å². The average molecular weight is 343 g/mol. The number of hydrogen-bond acceptors (Lipinski definition) is 4. The SMILES string of the molecule is O=C(c1ccc2nc[nH]c2c1)N1CCSC(c2cccs2)CC1.